The van der Waals surface area contributed by atoms with Crippen LogP contribution in [0, 0.1) is 10.8 Å². The van der Waals surface area contributed by atoms with Crippen LogP contribution in [0.3, 0.4) is 0 Å². The van der Waals surface area contributed by atoms with Gasteiger partial charge in [0.15, 0.2) is 0 Å². The zero-order chi connectivity index (χ0) is 9.95. The molecule has 0 spiro atoms. The van der Waals surface area contributed by atoms with Crippen molar-refractivity contribution < 1.29 is 9.47 Å². The Kier molecular flexibility index (Phi) is 3.36. The standard InChI is InChI=1S/C11H22O2/c1-10(2,3)11(9-12-4)5-7-13-8-6-11/h5-9H2,1-4H3. The average molecular weight is 186 g/mol. The summed E-state index contributed by atoms with van der Waals surface area (Å²) in [5.41, 5.74) is 0.632. The molecule has 0 unspecified atom stereocenters. The summed E-state index contributed by atoms with van der Waals surface area (Å²) in [5, 5.41) is 0. The monoisotopic (exact) mass is 186 g/mol. The van der Waals surface area contributed by atoms with Gasteiger partial charge in [0.1, 0.15) is 0 Å². The number of methoxy groups -OCH3 is 1. The van der Waals surface area contributed by atoms with Crippen LogP contribution in [0.15, 0.2) is 0 Å². The predicted octanol–water partition coefficient (Wildman–Crippen LogP) is 2.48. The third-order valence-corrected chi connectivity index (χ3v) is 3.46. The van der Waals surface area contributed by atoms with Gasteiger partial charge in [0.25, 0.3) is 0 Å². The number of ether oxygens (including phenoxy) is 2. The van der Waals surface area contributed by atoms with Gasteiger partial charge >= 0.3 is 0 Å². The molecule has 2 nitrogen and oxygen atoms in total. The first-order valence-corrected chi connectivity index (χ1v) is 5.08. The van der Waals surface area contributed by atoms with Crippen molar-refractivity contribution in [2.24, 2.45) is 10.8 Å². The summed E-state index contributed by atoms with van der Waals surface area (Å²) in [7, 11) is 1.79. The Morgan fingerprint density at radius 1 is 1.23 bits per heavy atom. The molecule has 0 radical (unpaired) electrons. The van der Waals surface area contributed by atoms with E-state index in [-0.39, 0.29) is 0 Å². The van der Waals surface area contributed by atoms with Crippen LogP contribution in [0.1, 0.15) is 33.6 Å². The van der Waals surface area contributed by atoms with Gasteiger partial charge < -0.3 is 9.47 Å². The first-order chi connectivity index (χ1) is 6.02. The van der Waals surface area contributed by atoms with Crippen LogP contribution in [-0.4, -0.2) is 26.9 Å². The smallest absolute Gasteiger partial charge is 0.0525 e. The van der Waals surface area contributed by atoms with E-state index in [1.165, 1.54) is 0 Å². The van der Waals surface area contributed by atoms with Gasteiger partial charge in [-0.15, -0.1) is 0 Å². The number of hydrogen-bond acceptors (Lipinski definition) is 2. The van der Waals surface area contributed by atoms with Crippen molar-refractivity contribution in [2.75, 3.05) is 26.9 Å². The maximum Gasteiger partial charge on any atom is 0.0525 e. The highest BCUT2D eigenvalue weighted by molar-refractivity contribution is 4.91. The van der Waals surface area contributed by atoms with Crippen LogP contribution < -0.4 is 0 Å². The highest BCUT2D eigenvalue weighted by Gasteiger charge is 2.42. The fourth-order valence-electron chi connectivity index (χ4n) is 2.15. The molecular weight excluding hydrogens is 164 g/mol. The predicted molar refractivity (Wildman–Crippen MR) is 53.8 cm³/mol. The van der Waals surface area contributed by atoms with Gasteiger partial charge in [0.05, 0.1) is 6.61 Å². The van der Waals surface area contributed by atoms with Gasteiger partial charge in [-0.05, 0) is 18.3 Å². The molecule has 0 saturated carbocycles. The van der Waals surface area contributed by atoms with Crippen molar-refractivity contribution in [3.05, 3.63) is 0 Å². The molecule has 1 rings (SSSR count). The normalized spacial score (nSPS) is 23.1. The fraction of sp³-hybridized carbons (Fsp3) is 1.00. The third kappa shape index (κ3) is 2.23. The maximum absolute atomic E-state index is 5.41. The molecule has 0 aromatic rings. The van der Waals surface area contributed by atoms with Gasteiger partial charge in [-0.25, -0.2) is 0 Å². The minimum absolute atomic E-state index is 0.312. The van der Waals surface area contributed by atoms with E-state index in [0.29, 0.717) is 10.8 Å². The molecule has 0 bridgehead atoms. The van der Waals surface area contributed by atoms with Gasteiger partial charge in [-0.1, -0.05) is 20.8 Å². The molecular formula is C11H22O2. The molecule has 1 aliphatic heterocycles. The van der Waals surface area contributed by atoms with E-state index in [2.05, 4.69) is 20.8 Å². The van der Waals surface area contributed by atoms with Crippen molar-refractivity contribution >= 4 is 0 Å². The lowest BCUT2D eigenvalue weighted by atomic mass is 9.63. The second-order valence-electron chi connectivity index (χ2n) is 5.08. The molecule has 78 valence electrons. The third-order valence-electron chi connectivity index (χ3n) is 3.46. The van der Waals surface area contributed by atoms with E-state index < -0.39 is 0 Å². The zero-order valence-corrected chi connectivity index (χ0v) is 9.35. The van der Waals surface area contributed by atoms with Crippen molar-refractivity contribution in [1.29, 1.82) is 0 Å². The van der Waals surface area contributed by atoms with Crippen LogP contribution in [-0.2, 0) is 9.47 Å². The molecule has 0 N–H and O–H groups in total. The first kappa shape index (κ1) is 11.0. The van der Waals surface area contributed by atoms with Gasteiger partial charge in [0, 0.05) is 25.7 Å². The highest BCUT2D eigenvalue weighted by atomic mass is 16.5. The van der Waals surface area contributed by atoms with Crippen molar-refractivity contribution in [3.8, 4) is 0 Å². The minimum Gasteiger partial charge on any atom is -0.384 e. The van der Waals surface area contributed by atoms with Crippen LogP contribution >= 0.6 is 0 Å². The quantitative estimate of drug-likeness (QED) is 0.659. The summed E-state index contributed by atoms with van der Waals surface area (Å²) in [4.78, 5) is 0. The Bertz CT molecular complexity index is 146. The molecule has 0 aliphatic carbocycles. The molecule has 13 heavy (non-hydrogen) atoms. The van der Waals surface area contributed by atoms with Crippen LogP contribution in [0.2, 0.25) is 0 Å². The fourth-order valence-corrected chi connectivity index (χ4v) is 2.15. The van der Waals surface area contributed by atoms with E-state index in [1.54, 1.807) is 7.11 Å². The Morgan fingerprint density at radius 3 is 2.15 bits per heavy atom. The number of hydrogen-bond donors (Lipinski definition) is 0. The summed E-state index contributed by atoms with van der Waals surface area (Å²) >= 11 is 0. The van der Waals surface area contributed by atoms with Crippen molar-refractivity contribution in [2.45, 2.75) is 33.6 Å². The molecule has 2 heteroatoms. The van der Waals surface area contributed by atoms with Crippen molar-refractivity contribution in [3.63, 3.8) is 0 Å². The average Bonchev–Trinajstić information content (AvgIpc) is 2.04. The second kappa shape index (κ2) is 3.97. The Labute approximate surface area is 81.6 Å². The molecule has 0 atom stereocenters. The van der Waals surface area contributed by atoms with E-state index in [4.69, 9.17) is 9.47 Å². The van der Waals surface area contributed by atoms with E-state index >= 15 is 0 Å². The molecule has 1 saturated heterocycles. The lowest BCUT2D eigenvalue weighted by molar-refractivity contribution is -0.0863. The van der Waals surface area contributed by atoms with Crippen LogP contribution in [0.5, 0.6) is 0 Å². The minimum atomic E-state index is 0.312. The maximum atomic E-state index is 5.41. The molecule has 1 aliphatic rings. The summed E-state index contributed by atoms with van der Waals surface area (Å²) in [6, 6.07) is 0. The number of rotatable bonds is 2. The van der Waals surface area contributed by atoms with Gasteiger partial charge in [-0.2, -0.15) is 0 Å². The largest absolute Gasteiger partial charge is 0.384 e. The summed E-state index contributed by atoms with van der Waals surface area (Å²) < 4.78 is 10.8. The topological polar surface area (TPSA) is 18.5 Å². The molecule has 0 aromatic heterocycles. The Hall–Kier alpha value is -0.0800. The lowest BCUT2D eigenvalue weighted by Crippen LogP contribution is -2.44. The SMILES string of the molecule is COCC1(C(C)(C)C)CCOCC1. The molecule has 0 aromatic carbocycles. The van der Waals surface area contributed by atoms with E-state index in [0.717, 1.165) is 32.7 Å². The molecule has 0 amide bonds. The Balaban J connectivity index is 2.73. The molecule has 1 fully saturated rings. The molecule has 1 heterocycles. The van der Waals surface area contributed by atoms with E-state index in [9.17, 15) is 0 Å². The highest BCUT2D eigenvalue weighted by Crippen LogP contribution is 2.46. The summed E-state index contributed by atoms with van der Waals surface area (Å²) in [6.07, 6.45) is 2.26. The lowest BCUT2D eigenvalue weighted by Gasteiger charge is -2.47. The van der Waals surface area contributed by atoms with Gasteiger partial charge in [0.2, 0.25) is 0 Å². The zero-order valence-electron chi connectivity index (χ0n) is 9.35. The van der Waals surface area contributed by atoms with Crippen LogP contribution in [0.4, 0.5) is 0 Å². The van der Waals surface area contributed by atoms with E-state index in [1.807, 2.05) is 0 Å². The summed E-state index contributed by atoms with van der Waals surface area (Å²) in [5.74, 6) is 0. The summed E-state index contributed by atoms with van der Waals surface area (Å²) in [6.45, 7) is 9.55. The van der Waals surface area contributed by atoms with Crippen LogP contribution in [0.25, 0.3) is 0 Å². The van der Waals surface area contributed by atoms with Crippen molar-refractivity contribution in [1.82, 2.24) is 0 Å². The van der Waals surface area contributed by atoms with Gasteiger partial charge in [-0.3, -0.25) is 0 Å². The second-order valence-corrected chi connectivity index (χ2v) is 5.08. The first-order valence-electron chi connectivity index (χ1n) is 5.08. The Morgan fingerprint density at radius 2 is 1.77 bits per heavy atom.